The van der Waals surface area contributed by atoms with Crippen molar-refractivity contribution in [3.05, 3.63) is 36.4 Å². The van der Waals surface area contributed by atoms with Gasteiger partial charge in [0, 0.05) is 35.8 Å². The number of unbranched alkanes of at least 4 members (excludes halogenated alkanes) is 4. The minimum absolute atomic E-state index is 0.0620. The molecule has 1 aliphatic rings. The molecule has 0 aliphatic carbocycles. The van der Waals surface area contributed by atoms with Crippen molar-refractivity contribution in [1.29, 1.82) is 5.41 Å². The Balaban J connectivity index is 1.58. The van der Waals surface area contributed by atoms with Gasteiger partial charge in [-0.05, 0) is 25.3 Å². The summed E-state index contributed by atoms with van der Waals surface area (Å²) in [4.78, 5) is 6.52. The molecule has 7 nitrogen and oxygen atoms in total. The number of nitrogens with zero attached hydrogens (tertiary/aromatic N) is 4. The number of hydrogen-bond donors (Lipinski definition) is 2. The maximum atomic E-state index is 7.77. The van der Waals surface area contributed by atoms with Gasteiger partial charge in [0.1, 0.15) is 6.04 Å². The molecule has 4 rings (SSSR count). The molecule has 29 heavy (non-hydrogen) atoms. The molecule has 7 heteroatoms. The summed E-state index contributed by atoms with van der Waals surface area (Å²) in [5, 5.41) is 13.2. The number of aryl methyl sites for hydroxylation is 1. The molecule has 1 fully saturated rings. The highest BCUT2D eigenvalue weighted by Crippen LogP contribution is 2.34. The van der Waals surface area contributed by atoms with Crippen LogP contribution in [0.15, 0.2) is 35.0 Å². The minimum atomic E-state index is -0.0966. The van der Waals surface area contributed by atoms with Crippen LogP contribution in [-0.4, -0.2) is 32.1 Å². The molecule has 1 aliphatic heterocycles. The number of para-hydroxylation sites is 1. The first kappa shape index (κ1) is 19.5. The largest absolute Gasteiger partial charge is 0.370 e. The highest BCUT2D eigenvalue weighted by Gasteiger charge is 2.32. The van der Waals surface area contributed by atoms with E-state index in [2.05, 4.69) is 41.0 Å². The normalized spacial score (nSPS) is 16.7. The van der Waals surface area contributed by atoms with Gasteiger partial charge in [0.25, 0.3) is 0 Å². The van der Waals surface area contributed by atoms with Crippen LogP contribution in [0.25, 0.3) is 22.3 Å². The van der Waals surface area contributed by atoms with Crippen LogP contribution in [0.4, 0.5) is 0 Å². The van der Waals surface area contributed by atoms with Crippen LogP contribution in [0, 0.1) is 5.41 Å². The van der Waals surface area contributed by atoms with E-state index in [0.717, 1.165) is 36.9 Å². The first-order valence-corrected chi connectivity index (χ1v) is 10.7. The van der Waals surface area contributed by atoms with Crippen molar-refractivity contribution in [3.8, 4) is 11.4 Å². The van der Waals surface area contributed by atoms with Gasteiger partial charge >= 0.3 is 0 Å². The van der Waals surface area contributed by atoms with E-state index in [0.29, 0.717) is 11.7 Å². The average molecular weight is 395 g/mol. The van der Waals surface area contributed by atoms with Crippen molar-refractivity contribution in [2.75, 3.05) is 6.54 Å². The van der Waals surface area contributed by atoms with Crippen LogP contribution in [-0.2, 0) is 6.54 Å². The minimum Gasteiger partial charge on any atom is -0.370 e. The van der Waals surface area contributed by atoms with Crippen molar-refractivity contribution < 1.29 is 4.52 Å². The van der Waals surface area contributed by atoms with Gasteiger partial charge < -0.3 is 19.7 Å². The van der Waals surface area contributed by atoms with Crippen molar-refractivity contribution in [2.45, 2.75) is 64.5 Å². The first-order valence-electron chi connectivity index (χ1n) is 10.7. The molecule has 0 radical (unpaired) electrons. The Morgan fingerprint density at radius 2 is 2.07 bits per heavy atom. The second-order valence-corrected chi connectivity index (χ2v) is 7.86. The zero-order valence-electron chi connectivity index (χ0n) is 17.1. The SMILES string of the molecule is CCCCCCCn1cc(-c2noc(C3CCCN3C(=N)N)n2)c2ccccc21. The third-order valence-corrected chi connectivity index (χ3v) is 5.82. The van der Waals surface area contributed by atoms with Crippen LogP contribution in [0.2, 0.25) is 0 Å². The molecule has 1 saturated heterocycles. The van der Waals surface area contributed by atoms with Crippen LogP contribution in [0.1, 0.15) is 63.8 Å². The summed E-state index contributed by atoms with van der Waals surface area (Å²) < 4.78 is 7.91. The molecule has 0 saturated carbocycles. The monoisotopic (exact) mass is 394 g/mol. The number of benzene rings is 1. The zero-order chi connectivity index (χ0) is 20.2. The predicted octanol–water partition coefficient (Wildman–Crippen LogP) is 4.69. The van der Waals surface area contributed by atoms with E-state index >= 15 is 0 Å². The van der Waals surface area contributed by atoms with Crippen LogP contribution in [0.3, 0.4) is 0 Å². The molecule has 3 heterocycles. The Bertz CT molecular complexity index is 975. The van der Waals surface area contributed by atoms with E-state index in [9.17, 15) is 0 Å². The van der Waals surface area contributed by atoms with Gasteiger partial charge in [-0.1, -0.05) is 56.0 Å². The van der Waals surface area contributed by atoms with E-state index in [1.807, 2.05) is 11.0 Å². The van der Waals surface area contributed by atoms with Crippen LogP contribution in [0.5, 0.6) is 0 Å². The topological polar surface area (TPSA) is 97.0 Å². The van der Waals surface area contributed by atoms with Gasteiger partial charge in [-0.2, -0.15) is 4.98 Å². The molecule has 3 aromatic rings. The second-order valence-electron chi connectivity index (χ2n) is 7.86. The molecule has 0 spiro atoms. The number of hydrogen-bond acceptors (Lipinski definition) is 4. The molecule has 1 aromatic carbocycles. The Kier molecular flexibility index (Phi) is 5.83. The number of fused-ring (bicyclic) bond motifs is 1. The predicted molar refractivity (Wildman–Crippen MR) is 115 cm³/mol. The van der Waals surface area contributed by atoms with Gasteiger partial charge in [0.2, 0.25) is 11.7 Å². The lowest BCUT2D eigenvalue weighted by molar-refractivity contribution is 0.283. The third-order valence-electron chi connectivity index (χ3n) is 5.82. The Labute approximate surface area is 171 Å². The molecule has 3 N–H and O–H groups in total. The zero-order valence-corrected chi connectivity index (χ0v) is 17.1. The van der Waals surface area contributed by atoms with E-state index < -0.39 is 0 Å². The van der Waals surface area contributed by atoms with E-state index in [1.165, 1.54) is 37.6 Å². The summed E-state index contributed by atoms with van der Waals surface area (Å²) >= 11 is 0. The number of likely N-dealkylation sites (tertiary alicyclic amines) is 1. The van der Waals surface area contributed by atoms with Gasteiger partial charge in [0.05, 0.1) is 0 Å². The number of nitrogens with two attached hydrogens (primary N) is 1. The van der Waals surface area contributed by atoms with E-state index in [4.69, 9.17) is 20.7 Å². The highest BCUT2D eigenvalue weighted by atomic mass is 16.5. The lowest BCUT2D eigenvalue weighted by atomic mass is 10.1. The summed E-state index contributed by atoms with van der Waals surface area (Å²) in [6.07, 6.45) is 10.3. The molecule has 0 amide bonds. The fourth-order valence-electron chi connectivity index (χ4n) is 4.29. The number of nitrogens with one attached hydrogen (secondary N) is 1. The lowest BCUT2D eigenvalue weighted by Gasteiger charge is -2.21. The fourth-order valence-corrected chi connectivity index (χ4v) is 4.29. The van der Waals surface area contributed by atoms with E-state index in [1.54, 1.807) is 0 Å². The molecule has 154 valence electrons. The van der Waals surface area contributed by atoms with Crippen molar-refractivity contribution in [2.24, 2.45) is 5.73 Å². The van der Waals surface area contributed by atoms with Gasteiger partial charge in [-0.25, -0.2) is 0 Å². The number of aromatic nitrogens is 3. The number of guanidine groups is 1. The van der Waals surface area contributed by atoms with Crippen molar-refractivity contribution >= 4 is 16.9 Å². The Morgan fingerprint density at radius 3 is 2.90 bits per heavy atom. The summed E-state index contributed by atoms with van der Waals surface area (Å²) in [5.41, 5.74) is 7.92. The summed E-state index contributed by atoms with van der Waals surface area (Å²) in [6.45, 7) is 4.00. The quantitative estimate of drug-likeness (QED) is 0.328. The second kappa shape index (κ2) is 8.68. The smallest absolute Gasteiger partial charge is 0.249 e. The summed E-state index contributed by atoms with van der Waals surface area (Å²) in [5.74, 6) is 1.22. The molecular weight excluding hydrogens is 364 g/mol. The molecule has 1 unspecified atom stereocenters. The van der Waals surface area contributed by atoms with Crippen LogP contribution >= 0.6 is 0 Å². The van der Waals surface area contributed by atoms with Gasteiger partial charge in [0.15, 0.2) is 5.96 Å². The maximum Gasteiger partial charge on any atom is 0.249 e. The summed E-state index contributed by atoms with van der Waals surface area (Å²) in [7, 11) is 0. The van der Waals surface area contributed by atoms with Crippen molar-refractivity contribution in [1.82, 2.24) is 19.6 Å². The highest BCUT2D eigenvalue weighted by molar-refractivity contribution is 5.94. The molecule has 0 bridgehead atoms. The first-order chi connectivity index (χ1) is 14.2. The summed E-state index contributed by atoms with van der Waals surface area (Å²) in [6, 6.07) is 8.30. The average Bonchev–Trinajstić information content (AvgIpc) is 3.45. The fraction of sp³-hybridized carbons (Fsp3) is 0.500. The van der Waals surface area contributed by atoms with Crippen LogP contribution < -0.4 is 5.73 Å². The number of rotatable bonds is 8. The molecule has 2 aromatic heterocycles. The molecule has 1 atom stereocenters. The van der Waals surface area contributed by atoms with Gasteiger partial charge in [-0.15, -0.1) is 0 Å². The van der Waals surface area contributed by atoms with Crippen molar-refractivity contribution in [3.63, 3.8) is 0 Å². The Hall–Kier alpha value is -2.83. The van der Waals surface area contributed by atoms with E-state index in [-0.39, 0.29) is 12.0 Å². The maximum absolute atomic E-state index is 7.77. The molecular formula is C22H30N6O. The lowest BCUT2D eigenvalue weighted by Crippen LogP contribution is -2.35. The standard InChI is InChI=1S/C22H30N6O/c1-2-3-4-5-8-13-27-15-17(16-10-6-7-11-18(16)27)20-25-21(29-26-20)19-12-9-14-28(19)22(23)24/h6-7,10-11,15,19H,2-5,8-9,12-14H2,1H3,(H3,23,24). The van der Waals surface area contributed by atoms with Gasteiger partial charge in [-0.3, -0.25) is 5.41 Å². The third kappa shape index (κ3) is 3.99. The Morgan fingerprint density at radius 1 is 1.24 bits per heavy atom.